The minimum atomic E-state index is -0.293. The van der Waals surface area contributed by atoms with E-state index < -0.39 is 0 Å². The molecule has 4 nitrogen and oxygen atoms in total. The van der Waals surface area contributed by atoms with Gasteiger partial charge in [0.05, 0.1) is 6.61 Å². The SMILES string of the molecule is CN(CCC(C)(C)C)C(=O)C1CNCCO1. The van der Waals surface area contributed by atoms with Crippen LogP contribution >= 0.6 is 0 Å². The number of carbonyl (C=O) groups excluding carboxylic acids is 1. The fraction of sp³-hybridized carbons (Fsp3) is 0.917. The fourth-order valence-corrected chi connectivity index (χ4v) is 1.58. The standard InChI is InChI=1S/C12H24N2O2/c1-12(2,3)5-7-14(4)11(15)10-9-13-6-8-16-10/h10,13H,5-9H2,1-4H3. The van der Waals surface area contributed by atoms with Crippen molar-refractivity contribution in [3.8, 4) is 0 Å². The molecular formula is C12H24N2O2. The largest absolute Gasteiger partial charge is 0.366 e. The highest BCUT2D eigenvalue weighted by molar-refractivity contribution is 5.81. The molecule has 0 spiro atoms. The molecule has 1 atom stereocenters. The summed E-state index contributed by atoms with van der Waals surface area (Å²) in [6.07, 6.45) is 0.716. The Morgan fingerprint density at radius 1 is 1.50 bits per heavy atom. The van der Waals surface area contributed by atoms with E-state index in [2.05, 4.69) is 26.1 Å². The van der Waals surface area contributed by atoms with Crippen LogP contribution in [0.3, 0.4) is 0 Å². The second-order valence-corrected chi connectivity index (χ2v) is 5.63. The first kappa shape index (κ1) is 13.5. The van der Waals surface area contributed by atoms with Crippen molar-refractivity contribution in [1.82, 2.24) is 10.2 Å². The molecule has 16 heavy (non-hydrogen) atoms. The zero-order valence-corrected chi connectivity index (χ0v) is 10.9. The van der Waals surface area contributed by atoms with Gasteiger partial charge in [-0.05, 0) is 11.8 Å². The molecule has 0 aromatic heterocycles. The van der Waals surface area contributed by atoms with Gasteiger partial charge >= 0.3 is 0 Å². The molecular weight excluding hydrogens is 204 g/mol. The normalized spacial score (nSPS) is 21.9. The first-order valence-corrected chi connectivity index (χ1v) is 5.97. The van der Waals surface area contributed by atoms with E-state index in [1.807, 2.05) is 7.05 Å². The second-order valence-electron chi connectivity index (χ2n) is 5.63. The average Bonchev–Trinajstić information content (AvgIpc) is 2.25. The Morgan fingerprint density at radius 2 is 2.19 bits per heavy atom. The monoisotopic (exact) mass is 228 g/mol. The van der Waals surface area contributed by atoms with Crippen LogP contribution < -0.4 is 5.32 Å². The lowest BCUT2D eigenvalue weighted by molar-refractivity contribution is -0.144. The van der Waals surface area contributed by atoms with Gasteiger partial charge in [0.25, 0.3) is 5.91 Å². The smallest absolute Gasteiger partial charge is 0.252 e. The van der Waals surface area contributed by atoms with E-state index in [9.17, 15) is 4.79 Å². The molecule has 0 aliphatic carbocycles. The molecule has 1 aliphatic rings. The summed E-state index contributed by atoms with van der Waals surface area (Å²) in [5.41, 5.74) is 0.264. The molecule has 1 aliphatic heterocycles. The first-order valence-electron chi connectivity index (χ1n) is 5.97. The minimum absolute atomic E-state index is 0.0939. The molecule has 1 fully saturated rings. The Morgan fingerprint density at radius 3 is 2.69 bits per heavy atom. The maximum absolute atomic E-state index is 12.0. The molecule has 1 heterocycles. The van der Waals surface area contributed by atoms with Gasteiger partial charge in [-0.3, -0.25) is 4.79 Å². The number of hydrogen-bond donors (Lipinski definition) is 1. The van der Waals surface area contributed by atoms with Crippen molar-refractivity contribution < 1.29 is 9.53 Å². The predicted molar refractivity (Wildman–Crippen MR) is 64.3 cm³/mol. The van der Waals surface area contributed by atoms with Crippen LogP contribution in [0.4, 0.5) is 0 Å². The Kier molecular flexibility index (Phi) is 4.74. The zero-order chi connectivity index (χ0) is 12.2. The molecule has 1 unspecified atom stereocenters. The number of morpholine rings is 1. The second kappa shape index (κ2) is 5.64. The topological polar surface area (TPSA) is 41.6 Å². The molecule has 0 aromatic carbocycles. The lowest BCUT2D eigenvalue weighted by atomic mass is 9.92. The molecule has 0 bridgehead atoms. The summed E-state index contributed by atoms with van der Waals surface area (Å²) in [6.45, 7) is 9.46. The molecule has 1 N–H and O–H groups in total. The molecule has 0 saturated carbocycles. The van der Waals surface area contributed by atoms with Crippen LogP contribution in [0.2, 0.25) is 0 Å². The highest BCUT2D eigenvalue weighted by atomic mass is 16.5. The van der Waals surface area contributed by atoms with Crippen molar-refractivity contribution in [2.45, 2.75) is 33.3 Å². The van der Waals surface area contributed by atoms with Crippen LogP contribution in [0.5, 0.6) is 0 Å². The van der Waals surface area contributed by atoms with Gasteiger partial charge in [0.1, 0.15) is 6.10 Å². The van der Waals surface area contributed by atoms with Crippen molar-refractivity contribution in [2.75, 3.05) is 33.3 Å². The Hall–Kier alpha value is -0.610. The van der Waals surface area contributed by atoms with Crippen LogP contribution in [-0.2, 0) is 9.53 Å². The van der Waals surface area contributed by atoms with Gasteiger partial charge in [-0.15, -0.1) is 0 Å². The number of nitrogens with one attached hydrogen (secondary N) is 1. The third-order valence-electron chi connectivity index (χ3n) is 2.78. The first-order chi connectivity index (χ1) is 7.40. The van der Waals surface area contributed by atoms with Crippen LogP contribution in [0.25, 0.3) is 0 Å². The van der Waals surface area contributed by atoms with Gasteiger partial charge in [-0.2, -0.15) is 0 Å². The average molecular weight is 228 g/mol. The fourth-order valence-electron chi connectivity index (χ4n) is 1.58. The number of likely N-dealkylation sites (N-methyl/N-ethyl adjacent to an activating group) is 1. The number of rotatable bonds is 3. The highest BCUT2D eigenvalue weighted by Gasteiger charge is 2.25. The summed E-state index contributed by atoms with van der Waals surface area (Å²) >= 11 is 0. The zero-order valence-electron chi connectivity index (χ0n) is 10.9. The Bertz CT molecular complexity index is 230. The third-order valence-corrected chi connectivity index (χ3v) is 2.78. The number of amides is 1. The highest BCUT2D eigenvalue weighted by Crippen LogP contribution is 2.18. The van der Waals surface area contributed by atoms with Crippen molar-refractivity contribution in [1.29, 1.82) is 0 Å². The molecule has 1 saturated heterocycles. The van der Waals surface area contributed by atoms with Gasteiger partial charge in [-0.25, -0.2) is 0 Å². The molecule has 94 valence electrons. The van der Waals surface area contributed by atoms with Gasteiger partial charge < -0.3 is 15.0 Å². The maximum atomic E-state index is 12.0. The summed E-state index contributed by atoms with van der Waals surface area (Å²) in [4.78, 5) is 13.8. The Labute approximate surface area is 98.3 Å². The van der Waals surface area contributed by atoms with Gasteiger partial charge in [0.15, 0.2) is 0 Å². The van der Waals surface area contributed by atoms with Gasteiger partial charge in [0.2, 0.25) is 0 Å². The third kappa shape index (κ3) is 4.49. The number of ether oxygens (including phenoxy) is 1. The van der Waals surface area contributed by atoms with Gasteiger partial charge in [-0.1, -0.05) is 20.8 Å². The van der Waals surface area contributed by atoms with Gasteiger partial charge in [0, 0.05) is 26.7 Å². The van der Waals surface area contributed by atoms with Crippen molar-refractivity contribution in [3.63, 3.8) is 0 Å². The quantitative estimate of drug-likeness (QED) is 0.779. The van der Waals surface area contributed by atoms with E-state index in [-0.39, 0.29) is 17.4 Å². The number of nitrogens with zero attached hydrogens (tertiary/aromatic N) is 1. The summed E-state index contributed by atoms with van der Waals surface area (Å²) in [7, 11) is 1.85. The summed E-state index contributed by atoms with van der Waals surface area (Å²) in [5, 5.41) is 3.17. The number of hydrogen-bond acceptors (Lipinski definition) is 3. The molecule has 0 radical (unpaired) electrons. The summed E-state index contributed by atoms with van der Waals surface area (Å²) in [5.74, 6) is 0.0939. The molecule has 0 aromatic rings. The van der Waals surface area contributed by atoms with E-state index in [0.29, 0.717) is 13.2 Å². The molecule has 4 heteroatoms. The van der Waals surface area contributed by atoms with Crippen LogP contribution in [0, 0.1) is 5.41 Å². The molecule has 1 rings (SSSR count). The van der Waals surface area contributed by atoms with E-state index in [4.69, 9.17) is 4.74 Å². The maximum Gasteiger partial charge on any atom is 0.252 e. The van der Waals surface area contributed by atoms with E-state index in [1.54, 1.807) is 4.90 Å². The van der Waals surface area contributed by atoms with Crippen LogP contribution in [0.15, 0.2) is 0 Å². The van der Waals surface area contributed by atoms with Crippen LogP contribution in [-0.4, -0.2) is 50.2 Å². The van der Waals surface area contributed by atoms with Crippen molar-refractivity contribution in [3.05, 3.63) is 0 Å². The predicted octanol–water partition coefficient (Wildman–Crippen LogP) is 0.869. The number of carbonyl (C=O) groups is 1. The lowest BCUT2D eigenvalue weighted by Crippen LogP contribution is -2.48. The van der Waals surface area contributed by atoms with Crippen molar-refractivity contribution >= 4 is 5.91 Å². The van der Waals surface area contributed by atoms with E-state index in [1.165, 1.54) is 0 Å². The molecule has 1 amide bonds. The van der Waals surface area contributed by atoms with E-state index in [0.717, 1.165) is 19.5 Å². The van der Waals surface area contributed by atoms with Crippen LogP contribution in [0.1, 0.15) is 27.2 Å². The Balaban J connectivity index is 2.34. The van der Waals surface area contributed by atoms with E-state index >= 15 is 0 Å². The van der Waals surface area contributed by atoms with Crippen molar-refractivity contribution in [2.24, 2.45) is 5.41 Å². The minimum Gasteiger partial charge on any atom is -0.366 e. The summed E-state index contributed by atoms with van der Waals surface area (Å²) < 4.78 is 5.44. The summed E-state index contributed by atoms with van der Waals surface area (Å²) in [6, 6.07) is 0. The lowest BCUT2D eigenvalue weighted by Gasteiger charge is -2.29.